The van der Waals surface area contributed by atoms with Gasteiger partial charge in [0, 0.05) is 5.70 Å². The van der Waals surface area contributed by atoms with E-state index in [-0.39, 0.29) is 13.2 Å². The molecular weight excluding hydrogens is 374 g/mol. The summed E-state index contributed by atoms with van der Waals surface area (Å²) in [7, 11) is 0. The fourth-order valence-electron chi connectivity index (χ4n) is 2.89. The van der Waals surface area contributed by atoms with Gasteiger partial charge in [0.25, 0.3) is 0 Å². The first kappa shape index (κ1) is 19.4. The normalized spacial score (nSPS) is 15.9. The maximum absolute atomic E-state index is 12.8. The topological polar surface area (TPSA) is 83.4 Å². The lowest BCUT2D eigenvalue weighted by Gasteiger charge is -2.30. The number of nitriles is 1. The molecule has 28 heavy (non-hydrogen) atoms. The highest BCUT2D eigenvalue weighted by molar-refractivity contribution is 7.80. The van der Waals surface area contributed by atoms with E-state index >= 15 is 0 Å². The van der Waals surface area contributed by atoms with E-state index in [1.165, 1.54) is 0 Å². The maximum Gasteiger partial charge on any atom is 0.338 e. The van der Waals surface area contributed by atoms with Crippen molar-refractivity contribution >= 4 is 23.3 Å². The highest BCUT2D eigenvalue weighted by atomic mass is 32.1. The number of thiocarbonyl (C=S) groups is 1. The Labute approximate surface area is 168 Å². The average molecular weight is 393 g/mol. The molecule has 2 N–H and O–H groups in total. The van der Waals surface area contributed by atoms with Crippen molar-refractivity contribution in [3.63, 3.8) is 0 Å². The van der Waals surface area contributed by atoms with Crippen LogP contribution in [0, 0.1) is 11.3 Å². The summed E-state index contributed by atoms with van der Waals surface area (Å²) in [5, 5.41) is 15.2. The molecule has 142 valence electrons. The molecule has 1 atom stereocenters. The first-order valence-corrected chi connectivity index (χ1v) is 9.08. The lowest BCUT2D eigenvalue weighted by Crippen LogP contribution is -2.45. The van der Waals surface area contributed by atoms with Gasteiger partial charge in [-0.2, -0.15) is 5.26 Å². The Morgan fingerprint density at radius 3 is 2.57 bits per heavy atom. The third kappa shape index (κ3) is 4.67. The quantitative estimate of drug-likeness (QED) is 0.576. The van der Waals surface area contributed by atoms with Crippen molar-refractivity contribution < 1.29 is 14.3 Å². The number of esters is 1. The summed E-state index contributed by atoms with van der Waals surface area (Å²) in [6, 6.07) is 18.2. The van der Waals surface area contributed by atoms with E-state index < -0.39 is 12.0 Å². The summed E-state index contributed by atoms with van der Waals surface area (Å²) in [5.74, 6) is 0.161. The summed E-state index contributed by atoms with van der Waals surface area (Å²) in [6.45, 7) is 1.96. The maximum atomic E-state index is 12.8. The first-order valence-electron chi connectivity index (χ1n) is 8.67. The monoisotopic (exact) mass is 393 g/mol. The molecule has 0 saturated carbocycles. The molecule has 2 aromatic rings. The molecule has 0 spiro atoms. The number of hydrogen-bond donors (Lipinski definition) is 2. The number of carbonyl (C=O) groups is 1. The van der Waals surface area contributed by atoms with Crippen LogP contribution < -0.4 is 15.4 Å². The van der Waals surface area contributed by atoms with Gasteiger partial charge in [0.1, 0.15) is 18.4 Å². The average Bonchev–Trinajstić information content (AvgIpc) is 2.71. The minimum atomic E-state index is -0.443. The largest absolute Gasteiger partial charge is 0.479 e. The molecule has 1 aliphatic heterocycles. The number of rotatable bonds is 6. The van der Waals surface area contributed by atoms with E-state index in [4.69, 9.17) is 27.0 Å². The van der Waals surface area contributed by atoms with Gasteiger partial charge in [-0.1, -0.05) is 42.5 Å². The fraction of sp³-hybridized carbons (Fsp3) is 0.190. The molecule has 1 aliphatic rings. The molecule has 0 fully saturated rings. The predicted octanol–water partition coefficient (Wildman–Crippen LogP) is 3.13. The van der Waals surface area contributed by atoms with Gasteiger partial charge in [0.05, 0.1) is 11.6 Å². The van der Waals surface area contributed by atoms with E-state index in [0.29, 0.717) is 22.1 Å². The molecule has 3 rings (SSSR count). The molecule has 0 radical (unpaired) electrons. The molecule has 2 aromatic carbocycles. The molecule has 0 aromatic heterocycles. The lowest BCUT2D eigenvalue weighted by atomic mass is 9.95. The Kier molecular flexibility index (Phi) is 6.25. The second-order valence-electron chi connectivity index (χ2n) is 6.15. The molecule has 0 amide bonds. The summed E-state index contributed by atoms with van der Waals surface area (Å²) in [5.41, 5.74) is 2.86. The summed E-state index contributed by atoms with van der Waals surface area (Å²) < 4.78 is 10.8. The number of ether oxygens (including phenoxy) is 2. The van der Waals surface area contributed by atoms with E-state index in [0.717, 1.165) is 11.1 Å². The minimum Gasteiger partial charge on any atom is -0.479 e. The van der Waals surface area contributed by atoms with Crippen LogP contribution in [-0.2, 0) is 16.1 Å². The third-order valence-corrected chi connectivity index (χ3v) is 4.44. The Bertz CT molecular complexity index is 934. The highest BCUT2D eigenvalue weighted by Gasteiger charge is 2.31. The van der Waals surface area contributed by atoms with Crippen molar-refractivity contribution in [2.45, 2.75) is 19.6 Å². The van der Waals surface area contributed by atoms with Gasteiger partial charge in [0.15, 0.2) is 11.7 Å². The number of carbonyl (C=O) groups excluding carboxylic acids is 1. The predicted molar refractivity (Wildman–Crippen MR) is 108 cm³/mol. The SMILES string of the molecule is CC1=C(C(=O)OCc2ccccc2)[C@@H](c2ccc(OCC#N)cc2)NC(=S)N1. The van der Waals surface area contributed by atoms with Gasteiger partial charge >= 0.3 is 5.97 Å². The van der Waals surface area contributed by atoms with Gasteiger partial charge in [-0.25, -0.2) is 4.79 Å². The zero-order valence-electron chi connectivity index (χ0n) is 15.3. The zero-order valence-corrected chi connectivity index (χ0v) is 16.1. The van der Waals surface area contributed by atoms with Crippen molar-refractivity contribution in [2.75, 3.05) is 6.61 Å². The van der Waals surface area contributed by atoms with E-state index in [9.17, 15) is 4.79 Å². The van der Waals surface area contributed by atoms with E-state index in [1.54, 1.807) is 19.1 Å². The number of hydrogen-bond acceptors (Lipinski definition) is 5. The summed E-state index contributed by atoms with van der Waals surface area (Å²) in [4.78, 5) is 12.8. The molecule has 0 unspecified atom stereocenters. The van der Waals surface area contributed by atoms with Gasteiger partial charge in [-0.3, -0.25) is 0 Å². The van der Waals surface area contributed by atoms with Gasteiger partial charge < -0.3 is 20.1 Å². The molecule has 6 nitrogen and oxygen atoms in total. The van der Waals surface area contributed by atoms with Crippen molar-refractivity contribution in [3.05, 3.63) is 77.0 Å². The van der Waals surface area contributed by atoms with Crippen LogP contribution in [0.4, 0.5) is 0 Å². The van der Waals surface area contributed by atoms with Crippen molar-refractivity contribution in [1.82, 2.24) is 10.6 Å². The van der Waals surface area contributed by atoms with Crippen LogP contribution in [0.3, 0.4) is 0 Å². The van der Waals surface area contributed by atoms with Crippen LogP contribution >= 0.6 is 12.2 Å². The highest BCUT2D eigenvalue weighted by Crippen LogP contribution is 2.29. The second-order valence-corrected chi connectivity index (χ2v) is 6.56. The lowest BCUT2D eigenvalue weighted by molar-refractivity contribution is -0.140. The van der Waals surface area contributed by atoms with Gasteiger partial charge in [-0.05, 0) is 42.4 Å². The van der Waals surface area contributed by atoms with Crippen LogP contribution in [0.2, 0.25) is 0 Å². The number of nitrogens with zero attached hydrogens (tertiary/aromatic N) is 1. The molecule has 1 heterocycles. The number of allylic oxidation sites excluding steroid dienone is 1. The Hall–Kier alpha value is -3.37. The van der Waals surface area contributed by atoms with Gasteiger partial charge in [0.2, 0.25) is 0 Å². The minimum absolute atomic E-state index is 0.0227. The van der Waals surface area contributed by atoms with E-state index in [1.807, 2.05) is 48.5 Å². The zero-order chi connectivity index (χ0) is 19.9. The van der Waals surface area contributed by atoms with Gasteiger partial charge in [-0.15, -0.1) is 0 Å². The van der Waals surface area contributed by atoms with Crippen molar-refractivity contribution in [1.29, 1.82) is 5.26 Å². The Balaban J connectivity index is 1.80. The standard InChI is InChI=1S/C21H19N3O3S/c1-14-18(20(25)27-13-15-5-3-2-4-6-15)19(24-21(28)23-14)16-7-9-17(10-8-16)26-12-11-22/h2-10,19H,12-13H2,1H3,(H2,23,24,28)/t19-/m1/s1. The Morgan fingerprint density at radius 2 is 1.89 bits per heavy atom. The molecule has 7 heteroatoms. The van der Waals surface area contributed by atoms with Crippen molar-refractivity contribution in [2.24, 2.45) is 0 Å². The molecule has 0 saturated heterocycles. The summed E-state index contributed by atoms with van der Waals surface area (Å²) >= 11 is 5.25. The van der Waals surface area contributed by atoms with Crippen LogP contribution in [0.15, 0.2) is 65.9 Å². The van der Waals surface area contributed by atoms with Crippen LogP contribution in [-0.4, -0.2) is 17.7 Å². The number of benzene rings is 2. The molecule has 0 aliphatic carbocycles. The van der Waals surface area contributed by atoms with Crippen LogP contribution in [0.1, 0.15) is 24.1 Å². The molecular formula is C21H19N3O3S. The Morgan fingerprint density at radius 1 is 1.18 bits per heavy atom. The second kappa shape index (κ2) is 9.02. The number of nitrogens with one attached hydrogen (secondary N) is 2. The smallest absolute Gasteiger partial charge is 0.338 e. The fourth-order valence-corrected chi connectivity index (χ4v) is 3.16. The molecule has 0 bridgehead atoms. The van der Waals surface area contributed by atoms with Crippen LogP contribution in [0.25, 0.3) is 0 Å². The summed E-state index contributed by atoms with van der Waals surface area (Å²) in [6.07, 6.45) is 0. The van der Waals surface area contributed by atoms with E-state index in [2.05, 4.69) is 10.6 Å². The van der Waals surface area contributed by atoms with Crippen LogP contribution in [0.5, 0.6) is 5.75 Å². The third-order valence-electron chi connectivity index (χ3n) is 4.22. The van der Waals surface area contributed by atoms with Crippen molar-refractivity contribution in [3.8, 4) is 11.8 Å². The first-order chi connectivity index (χ1) is 13.6.